The van der Waals surface area contributed by atoms with Crippen LogP contribution in [0.3, 0.4) is 0 Å². The molecule has 13 nitrogen and oxygen atoms in total. The maximum Gasteiger partial charge on any atom is 0.472 e. The highest BCUT2D eigenvalue weighted by Gasteiger charge is 2.51. The van der Waals surface area contributed by atoms with Crippen LogP contribution in [0.25, 0.3) is 0 Å². The van der Waals surface area contributed by atoms with Gasteiger partial charge in [0.15, 0.2) is 6.10 Å². The van der Waals surface area contributed by atoms with Gasteiger partial charge in [-0.1, -0.05) is 111 Å². The molecule has 0 aromatic rings. The Morgan fingerprint density at radius 1 is 0.525 bits per heavy atom. The van der Waals surface area contributed by atoms with E-state index in [2.05, 4.69) is 105 Å². The van der Waals surface area contributed by atoms with Crippen molar-refractivity contribution in [3.8, 4) is 0 Å². The molecule has 14 heteroatoms. The zero-order chi connectivity index (χ0) is 43.6. The summed E-state index contributed by atoms with van der Waals surface area (Å²) >= 11 is 0. The highest BCUT2D eigenvalue weighted by molar-refractivity contribution is 7.47. The Morgan fingerprint density at radius 2 is 0.898 bits per heavy atom. The van der Waals surface area contributed by atoms with Gasteiger partial charge in [-0.25, -0.2) is 4.57 Å². The zero-order valence-electron chi connectivity index (χ0n) is 35.0. The number of carbonyl (C=O) groups is 2. The van der Waals surface area contributed by atoms with Crippen LogP contribution in [0.5, 0.6) is 0 Å². The summed E-state index contributed by atoms with van der Waals surface area (Å²) in [5.41, 5.74) is 0. The number of unbranched alkanes of at least 4 members (excludes halogenated alkanes) is 4. The number of phosphoric ester groups is 1. The van der Waals surface area contributed by atoms with Gasteiger partial charge in [0.2, 0.25) is 0 Å². The molecular weight excluding hydrogens is 779 g/mol. The summed E-state index contributed by atoms with van der Waals surface area (Å²) in [7, 11) is -5.14. The minimum atomic E-state index is -5.14. The van der Waals surface area contributed by atoms with Gasteiger partial charge >= 0.3 is 19.8 Å². The van der Waals surface area contributed by atoms with E-state index in [1.807, 2.05) is 6.08 Å². The first-order chi connectivity index (χ1) is 28.4. The van der Waals surface area contributed by atoms with E-state index >= 15 is 0 Å². The Kier molecular flexibility index (Phi) is 31.4. The van der Waals surface area contributed by atoms with E-state index in [1.165, 1.54) is 0 Å². The van der Waals surface area contributed by atoms with Gasteiger partial charge in [0, 0.05) is 12.8 Å². The fourth-order valence-electron chi connectivity index (χ4n) is 5.56. The van der Waals surface area contributed by atoms with Crippen molar-refractivity contribution < 1.29 is 63.1 Å². The first-order valence-electron chi connectivity index (χ1n) is 21.0. The summed E-state index contributed by atoms with van der Waals surface area (Å²) in [6.07, 6.45) is 31.9. The molecule has 1 rings (SSSR count). The van der Waals surface area contributed by atoms with Crippen molar-refractivity contribution in [1.29, 1.82) is 0 Å². The van der Waals surface area contributed by atoms with Gasteiger partial charge in [0.05, 0.1) is 6.61 Å². The number of phosphoric acid groups is 1. The highest BCUT2D eigenvalue weighted by Crippen LogP contribution is 2.47. The Balaban J connectivity index is 2.58. The summed E-state index contributed by atoms with van der Waals surface area (Å²) in [6, 6.07) is 0. The smallest absolute Gasteiger partial charge is 0.462 e. The van der Waals surface area contributed by atoms with Crippen LogP contribution in [-0.2, 0) is 32.7 Å². The Hall–Kier alpha value is -3.23. The van der Waals surface area contributed by atoms with Gasteiger partial charge < -0.3 is 39.9 Å². The van der Waals surface area contributed by atoms with E-state index < -0.39 is 75.7 Å². The second kappa shape index (κ2) is 34.5. The fraction of sp³-hybridized carbons (Fsp3) is 0.600. The van der Waals surface area contributed by atoms with E-state index in [0.29, 0.717) is 19.3 Å². The Bertz CT molecular complexity index is 1400. The average Bonchev–Trinajstić information content (AvgIpc) is 3.21. The van der Waals surface area contributed by atoms with Crippen molar-refractivity contribution in [1.82, 2.24) is 0 Å². The molecule has 8 atom stereocenters. The molecular formula is C45H71O13P. The maximum atomic E-state index is 12.8. The molecule has 6 unspecified atom stereocenters. The van der Waals surface area contributed by atoms with E-state index in [-0.39, 0.29) is 12.8 Å². The standard InChI is InChI=1S/C45H71O13P/c1-3-5-7-9-11-13-15-17-19-21-23-25-27-29-31-33-38(46)55-35-37(36-56-59(53,54)58-45-43(51)41(49)40(48)42(50)44(45)52)57-39(47)34-32-30-28-26-24-22-20-18-16-14-12-10-8-6-4-2/h5-8,11-14,17-20,23-26,37,40-45,48-52H,3-4,9-10,15-16,21-22,27-36H2,1-2H3,(H,53,54)/b7-5-,8-6-,13-11-,14-12-,19-17-,20-18-,25-23-,26-24-/t37-,40?,41-,42?,43?,44?,45?/m1/s1. The summed E-state index contributed by atoms with van der Waals surface area (Å²) in [6.45, 7) is 2.96. The molecule has 1 fully saturated rings. The van der Waals surface area contributed by atoms with Crippen molar-refractivity contribution >= 4 is 19.8 Å². The average molecular weight is 851 g/mol. The zero-order valence-corrected chi connectivity index (χ0v) is 35.9. The van der Waals surface area contributed by atoms with E-state index in [1.54, 1.807) is 0 Å². The van der Waals surface area contributed by atoms with Crippen molar-refractivity contribution in [2.24, 2.45) is 0 Å². The number of aliphatic hydroxyl groups is 5. The van der Waals surface area contributed by atoms with Gasteiger partial charge in [0.1, 0.15) is 43.2 Å². The van der Waals surface area contributed by atoms with Crippen LogP contribution in [0.2, 0.25) is 0 Å². The molecule has 6 N–H and O–H groups in total. The maximum absolute atomic E-state index is 12.8. The van der Waals surface area contributed by atoms with E-state index in [4.69, 9.17) is 18.5 Å². The molecule has 0 amide bonds. The first-order valence-corrected chi connectivity index (χ1v) is 22.5. The molecule has 334 valence electrons. The van der Waals surface area contributed by atoms with E-state index in [0.717, 1.165) is 70.6 Å². The second-order valence-corrected chi connectivity index (χ2v) is 15.5. The monoisotopic (exact) mass is 850 g/mol. The third kappa shape index (κ3) is 27.3. The minimum absolute atomic E-state index is 0.0289. The lowest BCUT2D eigenvalue weighted by Gasteiger charge is -2.41. The number of hydrogen-bond donors (Lipinski definition) is 6. The first kappa shape index (κ1) is 53.8. The lowest BCUT2D eigenvalue weighted by atomic mass is 9.85. The quantitative estimate of drug-likeness (QED) is 0.0168. The van der Waals surface area contributed by atoms with Crippen molar-refractivity contribution in [2.45, 2.75) is 159 Å². The predicted octanol–water partition coefficient (Wildman–Crippen LogP) is 7.49. The summed E-state index contributed by atoms with van der Waals surface area (Å²) in [4.78, 5) is 35.6. The molecule has 59 heavy (non-hydrogen) atoms. The number of carbonyl (C=O) groups excluding carboxylic acids is 2. The number of aliphatic hydroxyl groups excluding tert-OH is 5. The molecule has 0 saturated heterocycles. The molecule has 0 heterocycles. The molecule has 1 aliphatic carbocycles. The third-order valence-electron chi connectivity index (χ3n) is 8.92. The molecule has 0 bridgehead atoms. The van der Waals surface area contributed by atoms with Crippen LogP contribution in [0, 0.1) is 0 Å². The summed E-state index contributed by atoms with van der Waals surface area (Å²) < 4.78 is 33.3. The molecule has 0 aliphatic heterocycles. The summed E-state index contributed by atoms with van der Waals surface area (Å²) in [5.74, 6) is -1.21. The minimum Gasteiger partial charge on any atom is -0.462 e. The van der Waals surface area contributed by atoms with Crippen LogP contribution >= 0.6 is 7.82 Å². The van der Waals surface area contributed by atoms with Crippen molar-refractivity contribution in [3.63, 3.8) is 0 Å². The van der Waals surface area contributed by atoms with Gasteiger partial charge in [-0.2, -0.15) is 0 Å². The number of rotatable bonds is 32. The molecule has 1 saturated carbocycles. The SMILES string of the molecule is CC/C=C\C/C=C\C/C=C\C/C=C\CCCCC(=O)OC[C@H](COP(=O)(O)OC1C(O)C(O)C(O)[C@@H](O)C1O)OC(=O)CCCC/C=C\C/C=C\C/C=C\C/C=C\CC. The van der Waals surface area contributed by atoms with Crippen molar-refractivity contribution in [3.05, 3.63) is 97.2 Å². The second-order valence-electron chi connectivity index (χ2n) is 14.1. The molecule has 0 aromatic carbocycles. The Labute approximate surface area is 351 Å². The number of ether oxygens (including phenoxy) is 2. The highest BCUT2D eigenvalue weighted by atomic mass is 31.2. The van der Waals surface area contributed by atoms with Crippen LogP contribution in [-0.4, -0.2) is 98.3 Å². The van der Waals surface area contributed by atoms with Crippen LogP contribution < -0.4 is 0 Å². The largest absolute Gasteiger partial charge is 0.472 e. The number of hydrogen-bond acceptors (Lipinski definition) is 12. The third-order valence-corrected chi connectivity index (χ3v) is 9.91. The van der Waals surface area contributed by atoms with Gasteiger partial charge in [-0.3, -0.25) is 18.6 Å². The normalized spacial score (nSPS) is 23.3. The predicted molar refractivity (Wildman–Crippen MR) is 230 cm³/mol. The number of esters is 2. The fourth-order valence-corrected chi connectivity index (χ4v) is 6.53. The molecule has 0 radical (unpaired) electrons. The van der Waals surface area contributed by atoms with Crippen LogP contribution in [0.1, 0.15) is 117 Å². The van der Waals surface area contributed by atoms with Gasteiger partial charge in [0.25, 0.3) is 0 Å². The number of allylic oxidation sites excluding steroid dienone is 16. The topological polar surface area (TPSA) is 210 Å². The molecule has 0 spiro atoms. The van der Waals surface area contributed by atoms with E-state index in [9.17, 15) is 44.6 Å². The summed E-state index contributed by atoms with van der Waals surface area (Å²) in [5, 5.41) is 50.0. The van der Waals surface area contributed by atoms with Gasteiger partial charge in [-0.15, -0.1) is 0 Å². The lowest BCUT2D eigenvalue weighted by molar-refractivity contribution is -0.220. The van der Waals surface area contributed by atoms with Crippen LogP contribution in [0.4, 0.5) is 0 Å². The van der Waals surface area contributed by atoms with Crippen LogP contribution in [0.15, 0.2) is 97.2 Å². The Morgan fingerprint density at radius 3 is 1.32 bits per heavy atom. The van der Waals surface area contributed by atoms with Crippen molar-refractivity contribution in [2.75, 3.05) is 13.2 Å². The van der Waals surface area contributed by atoms with Gasteiger partial charge in [-0.05, 0) is 89.9 Å². The molecule has 0 aromatic heterocycles. The molecule has 1 aliphatic rings. The lowest BCUT2D eigenvalue weighted by Crippen LogP contribution is -2.64.